The zero-order valence-electron chi connectivity index (χ0n) is 32.6. The van der Waals surface area contributed by atoms with Crippen LogP contribution in [0.1, 0.15) is 181 Å². The second-order valence-corrected chi connectivity index (χ2v) is 14.4. The summed E-state index contributed by atoms with van der Waals surface area (Å²) in [6.07, 6.45) is 50.4. The van der Waals surface area contributed by atoms with Crippen LogP contribution in [0.15, 0.2) is 48.6 Å². The fourth-order valence-electron chi connectivity index (χ4n) is 6.59. The van der Waals surface area contributed by atoms with E-state index in [0.29, 0.717) is 6.54 Å². The van der Waals surface area contributed by atoms with E-state index in [4.69, 9.17) is 10.5 Å². The molecule has 284 valence electrons. The number of allylic oxidation sites excluding steroid dienone is 8. The summed E-state index contributed by atoms with van der Waals surface area (Å²) < 4.78 is 6.07. The van der Waals surface area contributed by atoms with Crippen LogP contribution >= 0.6 is 0 Å². The molecule has 0 aliphatic carbocycles. The van der Waals surface area contributed by atoms with Gasteiger partial charge in [-0.2, -0.15) is 0 Å². The summed E-state index contributed by atoms with van der Waals surface area (Å²) in [6.45, 7) is 9.61. The second-order valence-electron chi connectivity index (χ2n) is 14.4. The molecule has 0 spiro atoms. The van der Waals surface area contributed by atoms with Gasteiger partial charge >= 0.3 is 6.09 Å². The van der Waals surface area contributed by atoms with Gasteiger partial charge in [-0.05, 0) is 96.4 Å². The molecule has 2 N–H and O–H groups in total. The van der Waals surface area contributed by atoms with Crippen molar-refractivity contribution in [3.8, 4) is 0 Å². The number of amides is 1. The van der Waals surface area contributed by atoms with Gasteiger partial charge in [-0.1, -0.05) is 140 Å². The summed E-state index contributed by atoms with van der Waals surface area (Å²) in [5, 5.41) is 0. The number of carbonyl (C=O) groups is 1. The molecule has 1 unspecified atom stereocenters. The SMILES string of the molecule is CCCCC/C=C\C/C=C\CCCCCCCCN(CCCCCCCC/C=C\C/C=C\CCCCC)C(=O)OC1CCCN(CCN)C1. The summed E-state index contributed by atoms with van der Waals surface area (Å²) in [7, 11) is 0. The van der Waals surface area contributed by atoms with E-state index in [0.717, 1.165) is 71.2 Å². The van der Waals surface area contributed by atoms with Gasteiger partial charge in [0.2, 0.25) is 0 Å². The van der Waals surface area contributed by atoms with Gasteiger partial charge in [-0.25, -0.2) is 4.79 Å². The minimum Gasteiger partial charge on any atom is -0.445 e. The molecule has 1 fully saturated rings. The third kappa shape index (κ3) is 29.6. The molecular weight excluding hydrogens is 603 g/mol. The van der Waals surface area contributed by atoms with Gasteiger partial charge in [-0.15, -0.1) is 0 Å². The molecule has 1 aliphatic rings. The summed E-state index contributed by atoms with van der Waals surface area (Å²) in [5.41, 5.74) is 5.79. The topological polar surface area (TPSA) is 58.8 Å². The Hall–Kier alpha value is -1.85. The highest BCUT2D eigenvalue weighted by Gasteiger charge is 2.25. The van der Waals surface area contributed by atoms with E-state index in [1.807, 2.05) is 4.90 Å². The van der Waals surface area contributed by atoms with Gasteiger partial charge in [0.25, 0.3) is 0 Å². The quantitative estimate of drug-likeness (QED) is 0.0552. The largest absolute Gasteiger partial charge is 0.445 e. The van der Waals surface area contributed by atoms with Crippen LogP contribution in [0.25, 0.3) is 0 Å². The Labute approximate surface area is 305 Å². The van der Waals surface area contributed by atoms with E-state index in [2.05, 4.69) is 67.4 Å². The first kappa shape index (κ1) is 45.2. The van der Waals surface area contributed by atoms with Gasteiger partial charge in [0, 0.05) is 32.7 Å². The second kappa shape index (κ2) is 36.0. The zero-order valence-corrected chi connectivity index (χ0v) is 32.6. The number of nitrogens with zero attached hydrogens (tertiary/aromatic N) is 2. The molecule has 0 aromatic heterocycles. The lowest BCUT2D eigenvalue weighted by molar-refractivity contribution is 0.0220. The molecule has 0 aromatic rings. The Morgan fingerprint density at radius 2 is 1.06 bits per heavy atom. The molecule has 0 bridgehead atoms. The fraction of sp³-hybridized carbons (Fsp3) is 0.795. The summed E-state index contributed by atoms with van der Waals surface area (Å²) >= 11 is 0. The van der Waals surface area contributed by atoms with Crippen LogP contribution in [-0.2, 0) is 4.74 Å². The van der Waals surface area contributed by atoms with Crippen LogP contribution in [-0.4, -0.2) is 61.3 Å². The maximum atomic E-state index is 13.3. The van der Waals surface area contributed by atoms with E-state index in [1.165, 1.54) is 128 Å². The summed E-state index contributed by atoms with van der Waals surface area (Å²) in [4.78, 5) is 17.7. The van der Waals surface area contributed by atoms with E-state index in [9.17, 15) is 4.79 Å². The van der Waals surface area contributed by atoms with Gasteiger partial charge in [0.05, 0.1) is 0 Å². The van der Waals surface area contributed by atoms with E-state index in [1.54, 1.807) is 0 Å². The highest BCUT2D eigenvalue weighted by molar-refractivity contribution is 5.67. The highest BCUT2D eigenvalue weighted by atomic mass is 16.6. The number of nitrogens with two attached hydrogens (primary N) is 1. The highest BCUT2D eigenvalue weighted by Crippen LogP contribution is 2.16. The van der Waals surface area contributed by atoms with Crippen molar-refractivity contribution < 1.29 is 9.53 Å². The number of likely N-dealkylation sites (tertiary alicyclic amines) is 1. The van der Waals surface area contributed by atoms with Crippen molar-refractivity contribution in [2.45, 2.75) is 187 Å². The molecule has 0 radical (unpaired) electrons. The minimum absolute atomic E-state index is 0.00188. The van der Waals surface area contributed by atoms with Gasteiger partial charge < -0.3 is 15.4 Å². The molecule has 1 aliphatic heterocycles. The monoisotopic (exact) mass is 684 g/mol. The first-order valence-corrected chi connectivity index (χ1v) is 21.2. The van der Waals surface area contributed by atoms with Crippen molar-refractivity contribution in [2.24, 2.45) is 5.73 Å². The van der Waals surface area contributed by atoms with Crippen molar-refractivity contribution in [1.29, 1.82) is 0 Å². The number of hydrogen-bond donors (Lipinski definition) is 1. The molecule has 1 heterocycles. The predicted octanol–water partition coefficient (Wildman–Crippen LogP) is 12.5. The average molecular weight is 684 g/mol. The number of hydrogen-bond acceptors (Lipinski definition) is 4. The Morgan fingerprint density at radius 3 is 1.51 bits per heavy atom. The maximum absolute atomic E-state index is 13.3. The van der Waals surface area contributed by atoms with Crippen LogP contribution in [0, 0.1) is 0 Å². The standard InChI is InChI=1S/C44H81N3O2/c1-3-5-7-9-11-13-15-17-19-21-23-25-27-29-31-33-39-47(44(48)49-43-36-35-38-46(42-43)41-37-45)40-34-32-30-28-26-24-22-20-18-16-14-12-10-8-6-4-2/h11-14,17-20,43H,3-10,15-16,21-42,45H2,1-2H3/b13-11-,14-12-,19-17-,20-18-. The van der Waals surface area contributed by atoms with Gasteiger partial charge in [0.1, 0.15) is 6.10 Å². The number of carbonyl (C=O) groups excluding carboxylic acids is 1. The van der Waals surface area contributed by atoms with Gasteiger partial charge in [0.15, 0.2) is 0 Å². The smallest absolute Gasteiger partial charge is 0.410 e. The zero-order chi connectivity index (χ0) is 35.3. The molecular formula is C44H81N3O2. The third-order valence-electron chi connectivity index (χ3n) is 9.69. The Morgan fingerprint density at radius 1 is 0.633 bits per heavy atom. The van der Waals surface area contributed by atoms with Crippen molar-refractivity contribution in [2.75, 3.05) is 39.3 Å². The molecule has 1 saturated heterocycles. The number of piperidine rings is 1. The predicted molar refractivity (Wildman–Crippen MR) is 215 cm³/mol. The molecule has 49 heavy (non-hydrogen) atoms. The number of ether oxygens (including phenoxy) is 1. The lowest BCUT2D eigenvalue weighted by atomic mass is 10.1. The van der Waals surface area contributed by atoms with Crippen molar-refractivity contribution in [1.82, 2.24) is 9.80 Å². The number of unbranched alkanes of at least 4 members (excludes halogenated alkanes) is 18. The minimum atomic E-state index is -0.0928. The van der Waals surface area contributed by atoms with E-state index < -0.39 is 0 Å². The van der Waals surface area contributed by atoms with Crippen molar-refractivity contribution in [3.63, 3.8) is 0 Å². The normalized spacial score (nSPS) is 15.9. The maximum Gasteiger partial charge on any atom is 0.410 e. The fourth-order valence-corrected chi connectivity index (χ4v) is 6.59. The van der Waals surface area contributed by atoms with Crippen LogP contribution in [0.3, 0.4) is 0 Å². The lowest BCUT2D eigenvalue weighted by Crippen LogP contribution is -2.45. The molecule has 5 heteroatoms. The molecule has 5 nitrogen and oxygen atoms in total. The summed E-state index contributed by atoms with van der Waals surface area (Å²) in [6, 6.07) is 0. The Kier molecular flexibility index (Phi) is 33.1. The average Bonchev–Trinajstić information content (AvgIpc) is 3.10. The molecule has 1 rings (SSSR count). The van der Waals surface area contributed by atoms with Crippen LogP contribution in [0.2, 0.25) is 0 Å². The first-order chi connectivity index (χ1) is 24.2. The molecule has 1 atom stereocenters. The van der Waals surface area contributed by atoms with Gasteiger partial charge in [-0.3, -0.25) is 4.90 Å². The van der Waals surface area contributed by atoms with Crippen molar-refractivity contribution in [3.05, 3.63) is 48.6 Å². The number of rotatable bonds is 33. The van der Waals surface area contributed by atoms with Crippen LogP contribution in [0.4, 0.5) is 4.79 Å². The first-order valence-electron chi connectivity index (χ1n) is 21.2. The molecule has 1 amide bonds. The van der Waals surface area contributed by atoms with Crippen molar-refractivity contribution >= 4 is 6.09 Å². The molecule has 0 saturated carbocycles. The van der Waals surface area contributed by atoms with Crippen LogP contribution < -0.4 is 5.73 Å². The van der Waals surface area contributed by atoms with E-state index >= 15 is 0 Å². The third-order valence-corrected chi connectivity index (χ3v) is 9.69. The Balaban J connectivity index is 2.25. The van der Waals surface area contributed by atoms with E-state index in [-0.39, 0.29) is 12.2 Å². The Bertz CT molecular complexity index is 786. The summed E-state index contributed by atoms with van der Waals surface area (Å²) in [5.74, 6) is 0. The van der Waals surface area contributed by atoms with Crippen LogP contribution in [0.5, 0.6) is 0 Å². The lowest BCUT2D eigenvalue weighted by Gasteiger charge is -2.33. The molecule has 0 aromatic carbocycles.